The molecule has 0 amide bonds. The second-order valence-corrected chi connectivity index (χ2v) is 2.12. The van der Waals surface area contributed by atoms with Crippen molar-refractivity contribution in [3.05, 3.63) is 23.9 Å². The van der Waals surface area contributed by atoms with Crippen molar-refractivity contribution in [2.24, 2.45) is 0 Å². The average Bonchev–Trinajstić information content (AvgIpc) is 1.97. The smallest absolute Gasteiger partial charge is 0.101 e. The molecule has 56 valence electrons. The predicted molar refractivity (Wildman–Crippen MR) is 42.1 cm³/mol. The lowest BCUT2D eigenvalue weighted by Crippen LogP contribution is -2.01. The molecular weight excluding hydrogens is 138 g/mol. The molecule has 0 aromatic rings. The maximum absolute atomic E-state index is 8.50. The zero-order valence-electron chi connectivity index (χ0n) is 6.57. The maximum Gasteiger partial charge on any atom is 0.101 e. The fourth-order valence-electron chi connectivity index (χ4n) is 0.514. The van der Waals surface area contributed by atoms with Crippen molar-refractivity contribution in [3.63, 3.8) is 0 Å². The van der Waals surface area contributed by atoms with E-state index in [1.54, 1.807) is 11.1 Å². The lowest BCUT2D eigenvalue weighted by molar-refractivity contribution is 0.561. The molecule has 0 fully saturated rings. The SMILES string of the molecule is CN(C)/C=C(C#N)\C=C/C#N. The van der Waals surface area contributed by atoms with Crippen LogP contribution >= 0.6 is 0 Å². The Labute approximate surface area is 66.5 Å². The Bertz CT molecular complexity index is 247. The standard InChI is InChI=1S/C8H9N3/c1-11(2)7-8(6-10)4-3-5-9/h3-4,7H,1-2H3/b4-3-,8-7+. The normalized spacial score (nSPS) is 10.7. The molecule has 0 aliphatic heterocycles. The minimum absolute atomic E-state index is 0.469. The Morgan fingerprint density at radius 1 is 1.36 bits per heavy atom. The number of rotatable bonds is 2. The van der Waals surface area contributed by atoms with Gasteiger partial charge < -0.3 is 4.90 Å². The minimum atomic E-state index is 0.469. The van der Waals surface area contributed by atoms with E-state index in [9.17, 15) is 0 Å². The molecule has 0 aromatic carbocycles. The van der Waals surface area contributed by atoms with Crippen LogP contribution in [0.4, 0.5) is 0 Å². The molecule has 0 heterocycles. The third kappa shape index (κ3) is 4.74. The van der Waals surface area contributed by atoms with Crippen LogP contribution < -0.4 is 0 Å². The monoisotopic (exact) mass is 147 g/mol. The van der Waals surface area contributed by atoms with Crippen molar-refractivity contribution < 1.29 is 0 Å². The van der Waals surface area contributed by atoms with Gasteiger partial charge in [0.15, 0.2) is 0 Å². The van der Waals surface area contributed by atoms with Crippen molar-refractivity contribution in [1.82, 2.24) is 4.90 Å². The maximum atomic E-state index is 8.50. The van der Waals surface area contributed by atoms with Crippen molar-refractivity contribution in [1.29, 1.82) is 10.5 Å². The van der Waals surface area contributed by atoms with E-state index < -0.39 is 0 Å². The highest BCUT2D eigenvalue weighted by atomic mass is 15.0. The Morgan fingerprint density at radius 3 is 2.36 bits per heavy atom. The fraction of sp³-hybridized carbons (Fsp3) is 0.250. The van der Waals surface area contributed by atoms with E-state index in [4.69, 9.17) is 10.5 Å². The highest BCUT2D eigenvalue weighted by Crippen LogP contribution is 1.94. The summed E-state index contributed by atoms with van der Waals surface area (Å²) < 4.78 is 0. The van der Waals surface area contributed by atoms with Gasteiger partial charge in [0.1, 0.15) is 6.07 Å². The average molecular weight is 147 g/mol. The first-order valence-corrected chi connectivity index (χ1v) is 3.05. The van der Waals surface area contributed by atoms with Crippen LogP contribution in [0, 0.1) is 22.7 Å². The molecule has 0 atom stereocenters. The number of nitriles is 2. The summed E-state index contributed by atoms with van der Waals surface area (Å²) >= 11 is 0. The molecule has 0 saturated heterocycles. The fourth-order valence-corrected chi connectivity index (χ4v) is 0.514. The Hall–Kier alpha value is -1.74. The van der Waals surface area contributed by atoms with Crippen LogP contribution in [0.1, 0.15) is 0 Å². The number of nitrogens with zero attached hydrogens (tertiary/aromatic N) is 3. The van der Waals surface area contributed by atoms with E-state index in [1.807, 2.05) is 26.2 Å². The van der Waals surface area contributed by atoms with Gasteiger partial charge in [-0.2, -0.15) is 10.5 Å². The zero-order valence-corrected chi connectivity index (χ0v) is 6.57. The van der Waals surface area contributed by atoms with Gasteiger partial charge in [-0.05, 0) is 6.08 Å². The summed E-state index contributed by atoms with van der Waals surface area (Å²) in [7, 11) is 3.63. The molecule has 0 N–H and O–H groups in total. The summed E-state index contributed by atoms with van der Waals surface area (Å²) in [5.74, 6) is 0. The lowest BCUT2D eigenvalue weighted by Gasteiger charge is -2.02. The molecule has 0 radical (unpaired) electrons. The van der Waals surface area contributed by atoms with Gasteiger partial charge >= 0.3 is 0 Å². The highest BCUT2D eigenvalue weighted by molar-refractivity contribution is 5.34. The highest BCUT2D eigenvalue weighted by Gasteiger charge is 1.87. The molecule has 0 aromatic heterocycles. The van der Waals surface area contributed by atoms with Gasteiger partial charge in [-0.15, -0.1) is 0 Å². The quantitative estimate of drug-likeness (QED) is 0.433. The number of hydrogen-bond acceptors (Lipinski definition) is 3. The molecule has 0 spiro atoms. The molecular formula is C8H9N3. The molecule has 0 aliphatic carbocycles. The third-order valence-electron chi connectivity index (χ3n) is 0.864. The molecule has 0 bridgehead atoms. The van der Waals surface area contributed by atoms with Crippen molar-refractivity contribution in [2.45, 2.75) is 0 Å². The lowest BCUT2D eigenvalue weighted by atomic mass is 10.3. The first kappa shape index (κ1) is 9.26. The van der Waals surface area contributed by atoms with Gasteiger partial charge in [0, 0.05) is 26.4 Å². The van der Waals surface area contributed by atoms with Gasteiger partial charge in [-0.25, -0.2) is 0 Å². The van der Waals surface area contributed by atoms with Gasteiger partial charge in [-0.1, -0.05) is 0 Å². The second-order valence-electron chi connectivity index (χ2n) is 2.12. The third-order valence-corrected chi connectivity index (χ3v) is 0.864. The topological polar surface area (TPSA) is 50.8 Å². The van der Waals surface area contributed by atoms with Crippen LogP contribution in [-0.2, 0) is 0 Å². The molecule has 0 saturated carbocycles. The van der Waals surface area contributed by atoms with Crippen LogP contribution in [0.5, 0.6) is 0 Å². The minimum Gasteiger partial charge on any atom is -0.382 e. The number of hydrogen-bond donors (Lipinski definition) is 0. The zero-order chi connectivity index (χ0) is 8.69. The summed E-state index contributed by atoms with van der Waals surface area (Å²) in [5.41, 5.74) is 0.469. The van der Waals surface area contributed by atoms with Crippen molar-refractivity contribution in [3.8, 4) is 12.1 Å². The van der Waals surface area contributed by atoms with E-state index in [2.05, 4.69) is 0 Å². The molecule has 3 nitrogen and oxygen atoms in total. The largest absolute Gasteiger partial charge is 0.382 e. The first-order valence-electron chi connectivity index (χ1n) is 3.05. The van der Waals surface area contributed by atoms with Crippen LogP contribution in [0.15, 0.2) is 23.9 Å². The Morgan fingerprint density at radius 2 is 2.00 bits per heavy atom. The number of allylic oxidation sites excluding steroid dienone is 3. The van der Waals surface area contributed by atoms with Gasteiger partial charge in [-0.3, -0.25) is 0 Å². The van der Waals surface area contributed by atoms with Gasteiger partial charge in [0.25, 0.3) is 0 Å². The van der Waals surface area contributed by atoms with E-state index >= 15 is 0 Å². The van der Waals surface area contributed by atoms with Crippen LogP contribution in [0.3, 0.4) is 0 Å². The van der Waals surface area contributed by atoms with Crippen LogP contribution in [0.25, 0.3) is 0 Å². The Kier molecular flexibility index (Phi) is 4.27. The van der Waals surface area contributed by atoms with Crippen molar-refractivity contribution in [2.75, 3.05) is 14.1 Å². The molecule has 11 heavy (non-hydrogen) atoms. The van der Waals surface area contributed by atoms with E-state index in [-0.39, 0.29) is 0 Å². The van der Waals surface area contributed by atoms with E-state index in [1.165, 1.54) is 12.2 Å². The summed E-state index contributed by atoms with van der Waals surface area (Å²) in [6.45, 7) is 0. The molecule has 0 aliphatic rings. The summed E-state index contributed by atoms with van der Waals surface area (Å²) in [5, 5.41) is 16.7. The van der Waals surface area contributed by atoms with Crippen LogP contribution in [-0.4, -0.2) is 19.0 Å². The second kappa shape index (κ2) is 5.08. The molecule has 0 rings (SSSR count). The summed E-state index contributed by atoms with van der Waals surface area (Å²) in [6, 6.07) is 3.76. The van der Waals surface area contributed by atoms with Crippen LogP contribution in [0.2, 0.25) is 0 Å². The summed E-state index contributed by atoms with van der Waals surface area (Å²) in [6.07, 6.45) is 4.40. The van der Waals surface area contributed by atoms with E-state index in [0.717, 1.165) is 0 Å². The summed E-state index contributed by atoms with van der Waals surface area (Å²) in [4.78, 5) is 1.75. The molecule has 0 unspecified atom stereocenters. The first-order chi connectivity index (χ1) is 5.20. The Balaban J connectivity index is 4.35. The van der Waals surface area contributed by atoms with Crippen molar-refractivity contribution >= 4 is 0 Å². The van der Waals surface area contributed by atoms with E-state index in [0.29, 0.717) is 5.57 Å². The molecule has 3 heteroatoms. The predicted octanol–water partition coefficient (Wildman–Crippen LogP) is 1.04. The van der Waals surface area contributed by atoms with Gasteiger partial charge in [0.2, 0.25) is 0 Å². The van der Waals surface area contributed by atoms with Gasteiger partial charge in [0.05, 0.1) is 11.6 Å².